The molecule has 0 atom stereocenters. The summed E-state index contributed by atoms with van der Waals surface area (Å²) in [6.07, 6.45) is 0. The number of hydrogen-bond donors (Lipinski definition) is 1. The van der Waals surface area contributed by atoms with Crippen molar-refractivity contribution in [1.29, 1.82) is 0 Å². The smallest absolute Gasteiger partial charge is 0.250 e. The highest BCUT2D eigenvalue weighted by atomic mass is 16.5. The second-order valence-corrected chi connectivity index (χ2v) is 6.56. The van der Waals surface area contributed by atoms with Gasteiger partial charge < -0.3 is 14.2 Å². The molecular weight excluding hydrogens is 382 g/mol. The predicted molar refractivity (Wildman–Crippen MR) is 112 cm³/mol. The average molecular weight is 401 g/mol. The molecule has 0 aliphatic carbocycles. The number of nitrogens with zero attached hydrogens (tertiary/aromatic N) is 2. The van der Waals surface area contributed by atoms with Crippen LogP contribution < -0.4 is 19.8 Å². The van der Waals surface area contributed by atoms with E-state index in [1.54, 1.807) is 42.5 Å². The summed E-state index contributed by atoms with van der Waals surface area (Å²) in [5.74, 6) is 2.54. The van der Waals surface area contributed by atoms with E-state index >= 15 is 0 Å². The Morgan fingerprint density at radius 1 is 0.667 bits per heavy atom. The molecule has 7 heteroatoms. The minimum atomic E-state index is -0.260. The van der Waals surface area contributed by atoms with Gasteiger partial charge in [-0.3, -0.25) is 9.78 Å². The van der Waals surface area contributed by atoms with Gasteiger partial charge in [0.25, 0.3) is 5.56 Å². The van der Waals surface area contributed by atoms with Gasteiger partial charge in [-0.05, 0) is 32.0 Å². The largest absolute Gasteiger partial charge is 0.441 e. The molecule has 0 bridgehead atoms. The zero-order chi connectivity index (χ0) is 20.9. The van der Waals surface area contributed by atoms with Crippen molar-refractivity contribution in [3.05, 3.63) is 94.5 Å². The Kier molecular flexibility index (Phi) is 5.43. The summed E-state index contributed by atoms with van der Waals surface area (Å²) in [5, 5.41) is 0. The highest BCUT2D eigenvalue weighted by molar-refractivity contribution is 5.45. The van der Waals surface area contributed by atoms with E-state index in [0.29, 0.717) is 34.9 Å². The number of benzene rings is 1. The van der Waals surface area contributed by atoms with Crippen LogP contribution in [0.4, 0.5) is 0 Å². The van der Waals surface area contributed by atoms with Crippen LogP contribution in [0.5, 0.6) is 34.9 Å². The van der Waals surface area contributed by atoms with Crippen LogP contribution in [-0.2, 0) is 0 Å². The molecule has 0 spiro atoms. The molecule has 3 aromatic heterocycles. The SMILES string of the molecule is Cc1cccc(Oc2cc(Oc3cccc(C)n3)cc(Oc3cccc(=O)[nH]3)c2)n1. The van der Waals surface area contributed by atoms with Crippen LogP contribution in [0.1, 0.15) is 11.4 Å². The topological polar surface area (TPSA) is 86.3 Å². The Morgan fingerprint density at radius 2 is 1.17 bits per heavy atom. The van der Waals surface area contributed by atoms with Gasteiger partial charge >= 0.3 is 0 Å². The van der Waals surface area contributed by atoms with E-state index < -0.39 is 0 Å². The van der Waals surface area contributed by atoms with E-state index in [2.05, 4.69) is 15.0 Å². The van der Waals surface area contributed by atoms with Crippen molar-refractivity contribution in [2.24, 2.45) is 0 Å². The monoisotopic (exact) mass is 401 g/mol. The van der Waals surface area contributed by atoms with Gasteiger partial charge in [-0.25, -0.2) is 9.97 Å². The third-order valence-corrected chi connectivity index (χ3v) is 3.99. The fourth-order valence-electron chi connectivity index (χ4n) is 2.73. The Bertz CT molecular complexity index is 1170. The number of pyridine rings is 3. The number of nitrogens with one attached hydrogen (secondary N) is 1. The highest BCUT2D eigenvalue weighted by Gasteiger charge is 2.09. The lowest BCUT2D eigenvalue weighted by Crippen LogP contribution is -2.03. The van der Waals surface area contributed by atoms with Crippen molar-refractivity contribution in [3.8, 4) is 34.9 Å². The number of ether oxygens (including phenoxy) is 3. The summed E-state index contributed by atoms with van der Waals surface area (Å²) >= 11 is 0. The van der Waals surface area contributed by atoms with Gasteiger partial charge in [-0.1, -0.05) is 18.2 Å². The molecule has 4 rings (SSSR count). The molecule has 30 heavy (non-hydrogen) atoms. The number of rotatable bonds is 6. The van der Waals surface area contributed by atoms with Crippen LogP contribution in [0.3, 0.4) is 0 Å². The van der Waals surface area contributed by atoms with Crippen LogP contribution in [0.25, 0.3) is 0 Å². The minimum absolute atomic E-state index is 0.260. The summed E-state index contributed by atoms with van der Waals surface area (Å²) in [7, 11) is 0. The van der Waals surface area contributed by atoms with Crippen LogP contribution in [-0.4, -0.2) is 15.0 Å². The van der Waals surface area contributed by atoms with Crippen LogP contribution in [0.15, 0.2) is 77.6 Å². The number of aryl methyl sites for hydroxylation is 2. The maximum absolute atomic E-state index is 11.6. The van der Waals surface area contributed by atoms with Crippen LogP contribution in [0.2, 0.25) is 0 Å². The Morgan fingerprint density at radius 3 is 1.67 bits per heavy atom. The number of aromatic amines is 1. The molecule has 1 aromatic carbocycles. The molecule has 0 amide bonds. The standard InChI is InChI=1S/C23H19N3O4/c1-15-6-3-9-21(24-15)28-17-12-18(29-22-10-4-7-16(2)25-22)14-19(13-17)30-23-11-5-8-20(27)26-23/h3-14H,1-2H3,(H,26,27). The van der Waals surface area contributed by atoms with Crippen molar-refractivity contribution in [3.63, 3.8) is 0 Å². The molecule has 0 aliphatic heterocycles. The van der Waals surface area contributed by atoms with Gasteiger partial charge in [0.2, 0.25) is 11.8 Å². The first-order valence-electron chi connectivity index (χ1n) is 9.29. The first kappa shape index (κ1) is 19.2. The lowest BCUT2D eigenvalue weighted by molar-refractivity contribution is 0.421. The molecule has 0 aliphatic rings. The highest BCUT2D eigenvalue weighted by Crippen LogP contribution is 2.34. The third kappa shape index (κ3) is 5.02. The van der Waals surface area contributed by atoms with E-state index in [1.807, 2.05) is 38.1 Å². The second kappa shape index (κ2) is 8.48. The first-order chi connectivity index (χ1) is 14.5. The molecule has 0 fully saturated rings. The van der Waals surface area contributed by atoms with E-state index in [9.17, 15) is 4.79 Å². The van der Waals surface area contributed by atoms with E-state index in [-0.39, 0.29) is 5.56 Å². The van der Waals surface area contributed by atoms with E-state index in [1.165, 1.54) is 6.07 Å². The molecule has 0 saturated carbocycles. The molecule has 3 heterocycles. The van der Waals surface area contributed by atoms with Crippen molar-refractivity contribution >= 4 is 0 Å². The Labute approximate surface area is 172 Å². The summed E-state index contributed by atoms with van der Waals surface area (Å²) < 4.78 is 17.6. The summed E-state index contributed by atoms with van der Waals surface area (Å²) in [6.45, 7) is 3.77. The summed E-state index contributed by atoms with van der Waals surface area (Å²) in [6, 6.07) is 20.8. The molecule has 0 radical (unpaired) electrons. The van der Waals surface area contributed by atoms with Gasteiger partial charge in [0.1, 0.15) is 17.2 Å². The number of hydrogen-bond acceptors (Lipinski definition) is 6. The van der Waals surface area contributed by atoms with Gasteiger partial charge in [-0.2, -0.15) is 0 Å². The second-order valence-electron chi connectivity index (χ2n) is 6.56. The third-order valence-electron chi connectivity index (χ3n) is 3.99. The number of H-pyrrole nitrogens is 1. The summed E-state index contributed by atoms with van der Waals surface area (Å²) in [5.41, 5.74) is 1.41. The minimum Gasteiger partial charge on any atom is -0.441 e. The molecule has 150 valence electrons. The molecule has 0 saturated heterocycles. The lowest BCUT2D eigenvalue weighted by Gasteiger charge is -2.12. The average Bonchev–Trinajstić information content (AvgIpc) is 2.68. The Balaban J connectivity index is 1.68. The van der Waals surface area contributed by atoms with Crippen LogP contribution in [0, 0.1) is 13.8 Å². The fraction of sp³-hybridized carbons (Fsp3) is 0.0870. The number of aromatic nitrogens is 3. The van der Waals surface area contributed by atoms with E-state index in [4.69, 9.17) is 14.2 Å². The fourth-order valence-corrected chi connectivity index (χ4v) is 2.73. The predicted octanol–water partition coefficient (Wildman–Crippen LogP) is 5.16. The molecule has 0 unspecified atom stereocenters. The van der Waals surface area contributed by atoms with E-state index in [0.717, 1.165) is 11.4 Å². The maximum atomic E-state index is 11.6. The molecule has 4 aromatic rings. The first-order valence-corrected chi connectivity index (χ1v) is 9.29. The summed E-state index contributed by atoms with van der Waals surface area (Å²) in [4.78, 5) is 22.9. The lowest BCUT2D eigenvalue weighted by atomic mass is 10.3. The molecule has 1 N–H and O–H groups in total. The quantitative estimate of drug-likeness (QED) is 0.480. The van der Waals surface area contributed by atoms with Crippen molar-refractivity contribution in [2.45, 2.75) is 13.8 Å². The molecule has 7 nitrogen and oxygen atoms in total. The van der Waals surface area contributed by atoms with Crippen molar-refractivity contribution in [1.82, 2.24) is 15.0 Å². The zero-order valence-electron chi connectivity index (χ0n) is 16.5. The van der Waals surface area contributed by atoms with Crippen molar-refractivity contribution < 1.29 is 14.2 Å². The maximum Gasteiger partial charge on any atom is 0.250 e. The Hall–Kier alpha value is -4.13. The van der Waals surface area contributed by atoms with Crippen LogP contribution >= 0.6 is 0 Å². The van der Waals surface area contributed by atoms with Gasteiger partial charge in [0.05, 0.1) is 0 Å². The normalized spacial score (nSPS) is 10.5. The van der Waals surface area contributed by atoms with Crippen molar-refractivity contribution in [2.75, 3.05) is 0 Å². The van der Waals surface area contributed by atoms with Gasteiger partial charge in [0.15, 0.2) is 5.88 Å². The van der Waals surface area contributed by atoms with Gasteiger partial charge in [-0.15, -0.1) is 0 Å². The van der Waals surface area contributed by atoms with Gasteiger partial charge in [0, 0.05) is 47.8 Å². The molecular formula is C23H19N3O4. The zero-order valence-corrected chi connectivity index (χ0v) is 16.5.